The first-order chi connectivity index (χ1) is 12.7. The number of nitrogens with one attached hydrogen (secondary N) is 1. The van der Waals surface area contributed by atoms with Gasteiger partial charge in [-0.15, -0.1) is 0 Å². The van der Waals surface area contributed by atoms with Crippen LogP contribution in [-0.4, -0.2) is 24.2 Å². The molecule has 0 spiro atoms. The van der Waals surface area contributed by atoms with Crippen LogP contribution in [-0.2, 0) is 4.79 Å². The summed E-state index contributed by atoms with van der Waals surface area (Å²) < 4.78 is 0. The molecule has 0 radical (unpaired) electrons. The van der Waals surface area contributed by atoms with Gasteiger partial charge < -0.3 is 11.1 Å². The minimum atomic E-state index is -0.393. The van der Waals surface area contributed by atoms with Crippen molar-refractivity contribution in [1.29, 1.82) is 0 Å². The average molecular weight is 389 g/mol. The number of allylic oxidation sites excluding steroid dienone is 9. The first kappa shape index (κ1) is 23.5. The SMILES string of the molecule is CC(C=CC1=C(C)CCCC1(C)C)=CC=C/C(C)=C\CN[C@@H](CS)C(N)=O. The molecule has 0 fully saturated rings. The summed E-state index contributed by atoms with van der Waals surface area (Å²) in [6.45, 7) is 11.7. The summed E-state index contributed by atoms with van der Waals surface area (Å²) in [6, 6.07) is -0.393. The van der Waals surface area contributed by atoms with Gasteiger partial charge in [0.15, 0.2) is 0 Å². The molecule has 1 rings (SSSR count). The minimum absolute atomic E-state index is 0.275. The molecule has 1 atom stereocenters. The van der Waals surface area contributed by atoms with E-state index in [2.05, 4.69) is 76.0 Å². The standard InChI is InChI=1S/C23H36N2OS/c1-17(11-12-20-19(3)10-7-14-23(20,4)5)8-6-9-18(2)13-15-25-21(16-27)22(24)26/h6,8-9,11-13,21,25,27H,7,10,14-16H2,1-5H3,(H2,24,26)/b9-6?,12-11?,17-8?,18-13-/t21-/m0/s1. The Kier molecular flexibility index (Phi) is 9.89. The maximum absolute atomic E-state index is 11.1. The maximum Gasteiger partial charge on any atom is 0.235 e. The summed E-state index contributed by atoms with van der Waals surface area (Å²) in [6.07, 6.45) is 16.5. The molecule has 0 aliphatic heterocycles. The smallest absolute Gasteiger partial charge is 0.235 e. The van der Waals surface area contributed by atoms with Crippen molar-refractivity contribution in [1.82, 2.24) is 5.32 Å². The van der Waals surface area contributed by atoms with Crippen LogP contribution in [0.2, 0.25) is 0 Å². The lowest BCUT2D eigenvalue weighted by atomic mass is 9.72. The third-order valence-electron chi connectivity index (χ3n) is 5.09. The molecule has 0 aromatic rings. The van der Waals surface area contributed by atoms with Crippen LogP contribution in [0, 0.1) is 5.41 Å². The summed E-state index contributed by atoms with van der Waals surface area (Å²) in [5.41, 5.74) is 10.9. The zero-order valence-electron chi connectivity index (χ0n) is 17.5. The van der Waals surface area contributed by atoms with Gasteiger partial charge in [0.25, 0.3) is 0 Å². The van der Waals surface area contributed by atoms with Crippen molar-refractivity contribution in [2.45, 2.75) is 59.9 Å². The van der Waals surface area contributed by atoms with E-state index in [0.29, 0.717) is 12.3 Å². The lowest BCUT2D eigenvalue weighted by molar-refractivity contribution is -0.119. The third-order valence-corrected chi connectivity index (χ3v) is 5.45. The first-order valence-electron chi connectivity index (χ1n) is 9.71. The van der Waals surface area contributed by atoms with Crippen LogP contribution in [0.4, 0.5) is 0 Å². The Bertz CT molecular complexity index is 666. The van der Waals surface area contributed by atoms with Gasteiger partial charge in [-0.05, 0) is 51.0 Å². The second-order valence-corrected chi connectivity index (χ2v) is 8.39. The fourth-order valence-electron chi connectivity index (χ4n) is 3.32. The third kappa shape index (κ3) is 8.35. The number of carbonyl (C=O) groups excluding carboxylic acids is 1. The van der Waals surface area contributed by atoms with Gasteiger partial charge in [-0.1, -0.05) is 67.0 Å². The average Bonchev–Trinajstić information content (AvgIpc) is 2.57. The van der Waals surface area contributed by atoms with E-state index in [1.165, 1.54) is 36.0 Å². The molecule has 4 heteroatoms. The molecule has 0 unspecified atom stereocenters. The molecule has 1 aliphatic rings. The van der Waals surface area contributed by atoms with Gasteiger partial charge in [0.2, 0.25) is 5.91 Å². The number of carbonyl (C=O) groups is 1. The molecular weight excluding hydrogens is 352 g/mol. The summed E-state index contributed by atoms with van der Waals surface area (Å²) in [7, 11) is 0. The number of rotatable bonds is 9. The largest absolute Gasteiger partial charge is 0.368 e. The van der Waals surface area contributed by atoms with Crippen LogP contribution in [0.25, 0.3) is 0 Å². The minimum Gasteiger partial charge on any atom is -0.368 e. The number of hydrogen-bond acceptors (Lipinski definition) is 3. The van der Waals surface area contributed by atoms with Gasteiger partial charge in [-0.2, -0.15) is 12.6 Å². The van der Waals surface area contributed by atoms with E-state index in [9.17, 15) is 4.79 Å². The molecule has 27 heavy (non-hydrogen) atoms. The second-order valence-electron chi connectivity index (χ2n) is 8.03. The monoisotopic (exact) mass is 388 g/mol. The van der Waals surface area contributed by atoms with Gasteiger partial charge in [-0.3, -0.25) is 4.79 Å². The molecule has 0 heterocycles. The Labute approximate surface area is 171 Å². The number of nitrogens with two attached hydrogens (primary N) is 1. The Morgan fingerprint density at radius 1 is 1.30 bits per heavy atom. The molecule has 150 valence electrons. The summed E-state index contributed by atoms with van der Waals surface area (Å²) in [5.74, 6) is 0.0300. The van der Waals surface area contributed by atoms with E-state index in [0.717, 1.165) is 5.57 Å². The van der Waals surface area contributed by atoms with Gasteiger partial charge in [0.05, 0.1) is 6.04 Å². The predicted molar refractivity (Wildman–Crippen MR) is 121 cm³/mol. The Hall–Kier alpha value is -1.52. The number of hydrogen-bond donors (Lipinski definition) is 3. The van der Waals surface area contributed by atoms with Crippen molar-refractivity contribution >= 4 is 18.5 Å². The summed E-state index contributed by atoms with van der Waals surface area (Å²) in [5, 5.41) is 3.07. The molecule has 0 bridgehead atoms. The van der Waals surface area contributed by atoms with Crippen molar-refractivity contribution in [3.63, 3.8) is 0 Å². The van der Waals surface area contributed by atoms with E-state index < -0.39 is 6.04 Å². The van der Waals surface area contributed by atoms with Gasteiger partial charge >= 0.3 is 0 Å². The lowest BCUT2D eigenvalue weighted by Gasteiger charge is -2.32. The number of primary amides is 1. The molecule has 0 aromatic heterocycles. The Morgan fingerprint density at radius 2 is 2.00 bits per heavy atom. The van der Waals surface area contributed by atoms with Crippen molar-refractivity contribution in [2.75, 3.05) is 12.3 Å². The van der Waals surface area contributed by atoms with Crippen LogP contribution >= 0.6 is 12.6 Å². The van der Waals surface area contributed by atoms with Crippen LogP contribution in [0.3, 0.4) is 0 Å². The number of amides is 1. The van der Waals surface area contributed by atoms with Crippen LogP contribution < -0.4 is 11.1 Å². The zero-order chi connectivity index (χ0) is 20.4. The van der Waals surface area contributed by atoms with E-state index in [1.54, 1.807) is 0 Å². The molecule has 1 amide bonds. The molecule has 3 nitrogen and oxygen atoms in total. The number of thiol groups is 1. The highest BCUT2D eigenvalue weighted by Gasteiger charge is 2.26. The van der Waals surface area contributed by atoms with Gasteiger partial charge in [0.1, 0.15) is 0 Å². The van der Waals surface area contributed by atoms with E-state index in [4.69, 9.17) is 5.73 Å². The molecule has 3 N–H and O–H groups in total. The van der Waals surface area contributed by atoms with Crippen molar-refractivity contribution in [3.8, 4) is 0 Å². The van der Waals surface area contributed by atoms with Crippen molar-refractivity contribution < 1.29 is 4.79 Å². The topological polar surface area (TPSA) is 55.1 Å². The molecule has 1 aliphatic carbocycles. The highest BCUT2D eigenvalue weighted by Crippen LogP contribution is 2.40. The molecule has 0 saturated carbocycles. The normalized spacial score (nSPS) is 19.9. The van der Waals surface area contributed by atoms with Crippen LogP contribution in [0.5, 0.6) is 0 Å². The maximum atomic E-state index is 11.1. The quantitative estimate of drug-likeness (QED) is 0.389. The Balaban J connectivity index is 2.62. The summed E-state index contributed by atoms with van der Waals surface area (Å²) >= 11 is 4.12. The molecule has 0 saturated heterocycles. The van der Waals surface area contributed by atoms with E-state index in [1.807, 2.05) is 13.0 Å². The fraction of sp³-hybridized carbons (Fsp3) is 0.522. The highest BCUT2D eigenvalue weighted by atomic mass is 32.1. The van der Waals surface area contributed by atoms with Crippen molar-refractivity contribution in [3.05, 3.63) is 58.7 Å². The van der Waals surface area contributed by atoms with Gasteiger partial charge in [0, 0.05) is 12.3 Å². The fourth-order valence-corrected chi connectivity index (χ4v) is 3.63. The second kappa shape index (κ2) is 11.4. The predicted octanol–water partition coefficient (Wildman–Crippen LogP) is 4.89. The molecular formula is C23H36N2OS. The van der Waals surface area contributed by atoms with E-state index >= 15 is 0 Å². The van der Waals surface area contributed by atoms with Gasteiger partial charge in [-0.25, -0.2) is 0 Å². The Morgan fingerprint density at radius 3 is 2.59 bits per heavy atom. The van der Waals surface area contributed by atoms with E-state index in [-0.39, 0.29) is 11.3 Å². The zero-order valence-corrected chi connectivity index (χ0v) is 18.4. The lowest BCUT2D eigenvalue weighted by Crippen LogP contribution is -2.42. The van der Waals surface area contributed by atoms with Crippen LogP contribution in [0.15, 0.2) is 58.7 Å². The van der Waals surface area contributed by atoms with Crippen molar-refractivity contribution in [2.24, 2.45) is 11.1 Å². The van der Waals surface area contributed by atoms with Crippen LogP contribution in [0.1, 0.15) is 53.9 Å². The summed E-state index contributed by atoms with van der Waals surface area (Å²) in [4.78, 5) is 11.1. The molecule has 0 aromatic carbocycles. The highest BCUT2D eigenvalue weighted by molar-refractivity contribution is 7.80. The first-order valence-corrected chi connectivity index (χ1v) is 10.3.